The van der Waals surface area contributed by atoms with E-state index in [0.29, 0.717) is 0 Å². The number of benzene rings is 2. The van der Waals surface area contributed by atoms with E-state index in [4.69, 9.17) is 0 Å². The van der Waals surface area contributed by atoms with Crippen LogP contribution in [0.4, 0.5) is 18.9 Å². The van der Waals surface area contributed by atoms with Crippen molar-refractivity contribution < 1.29 is 23.1 Å². The molecule has 0 aromatic heterocycles. The summed E-state index contributed by atoms with van der Waals surface area (Å²) in [5, 5.41) is 12.3. The van der Waals surface area contributed by atoms with Gasteiger partial charge in [0.05, 0.1) is 16.8 Å². The molecule has 0 atom stereocenters. The SMILES string of the molecule is CC(C)(C)c1ccc(O)c(NC(=O)c2ccccc2C(F)(F)F)c1. The molecule has 0 saturated heterocycles. The number of halogens is 3. The fraction of sp³-hybridized carbons (Fsp3) is 0.278. The molecule has 128 valence electrons. The molecule has 1 amide bonds. The summed E-state index contributed by atoms with van der Waals surface area (Å²) in [6.45, 7) is 5.85. The number of rotatable bonds is 2. The lowest BCUT2D eigenvalue weighted by molar-refractivity contribution is -0.137. The molecule has 0 aliphatic carbocycles. The second kappa shape index (κ2) is 6.19. The van der Waals surface area contributed by atoms with Gasteiger partial charge in [-0.05, 0) is 35.2 Å². The lowest BCUT2D eigenvalue weighted by Gasteiger charge is -2.20. The maximum atomic E-state index is 13.0. The lowest BCUT2D eigenvalue weighted by Crippen LogP contribution is -2.19. The molecule has 2 aromatic rings. The number of nitrogens with one attached hydrogen (secondary N) is 1. The van der Waals surface area contributed by atoms with Gasteiger partial charge in [0.25, 0.3) is 5.91 Å². The molecule has 0 aliphatic rings. The highest BCUT2D eigenvalue weighted by atomic mass is 19.4. The monoisotopic (exact) mass is 337 g/mol. The van der Waals surface area contributed by atoms with Gasteiger partial charge in [-0.25, -0.2) is 0 Å². The molecule has 0 saturated carbocycles. The van der Waals surface area contributed by atoms with Crippen molar-refractivity contribution in [3.63, 3.8) is 0 Å². The fourth-order valence-corrected chi connectivity index (χ4v) is 2.22. The Labute approximate surface area is 138 Å². The van der Waals surface area contributed by atoms with Crippen LogP contribution in [-0.2, 0) is 11.6 Å². The van der Waals surface area contributed by atoms with E-state index in [1.54, 1.807) is 12.1 Å². The zero-order valence-electron chi connectivity index (χ0n) is 13.5. The smallest absolute Gasteiger partial charge is 0.417 e. The Balaban J connectivity index is 2.38. The van der Waals surface area contributed by atoms with Gasteiger partial charge in [-0.3, -0.25) is 4.79 Å². The van der Waals surface area contributed by atoms with Crippen LogP contribution >= 0.6 is 0 Å². The first-order valence-corrected chi connectivity index (χ1v) is 7.31. The maximum absolute atomic E-state index is 13.0. The lowest BCUT2D eigenvalue weighted by atomic mass is 9.87. The zero-order chi connectivity index (χ0) is 18.1. The number of amides is 1. The number of anilines is 1. The fourth-order valence-electron chi connectivity index (χ4n) is 2.22. The number of carbonyl (C=O) groups excluding carboxylic acids is 1. The molecule has 0 bridgehead atoms. The summed E-state index contributed by atoms with van der Waals surface area (Å²) in [4.78, 5) is 12.3. The van der Waals surface area contributed by atoms with Crippen LogP contribution in [0.25, 0.3) is 0 Å². The summed E-state index contributed by atoms with van der Waals surface area (Å²) in [5.74, 6) is -1.13. The highest BCUT2D eigenvalue weighted by Crippen LogP contribution is 2.34. The van der Waals surface area contributed by atoms with Crippen LogP contribution in [0.1, 0.15) is 42.3 Å². The van der Waals surface area contributed by atoms with E-state index in [2.05, 4.69) is 5.32 Å². The summed E-state index contributed by atoms with van der Waals surface area (Å²) in [7, 11) is 0. The highest BCUT2D eigenvalue weighted by molar-refractivity contribution is 6.06. The van der Waals surface area contributed by atoms with E-state index < -0.39 is 23.2 Å². The molecule has 0 fully saturated rings. The Morgan fingerprint density at radius 1 is 1.04 bits per heavy atom. The Kier molecular flexibility index (Phi) is 4.60. The predicted molar refractivity (Wildman–Crippen MR) is 86.2 cm³/mol. The minimum atomic E-state index is -4.64. The van der Waals surface area contributed by atoms with Crippen LogP contribution < -0.4 is 5.32 Å². The van der Waals surface area contributed by atoms with Gasteiger partial charge < -0.3 is 10.4 Å². The van der Waals surface area contributed by atoms with Crippen molar-refractivity contribution in [1.82, 2.24) is 0 Å². The molecule has 2 rings (SSSR count). The third kappa shape index (κ3) is 3.88. The Morgan fingerprint density at radius 2 is 1.67 bits per heavy atom. The molecular formula is C18H18F3NO2. The van der Waals surface area contributed by atoms with Crippen molar-refractivity contribution in [2.45, 2.75) is 32.4 Å². The van der Waals surface area contributed by atoms with E-state index in [1.165, 1.54) is 18.2 Å². The van der Waals surface area contributed by atoms with Crippen LogP contribution in [0, 0.1) is 0 Å². The minimum Gasteiger partial charge on any atom is -0.506 e. The van der Waals surface area contributed by atoms with Gasteiger partial charge in [0.1, 0.15) is 5.75 Å². The first-order chi connectivity index (χ1) is 11.0. The van der Waals surface area contributed by atoms with Gasteiger partial charge in [0.2, 0.25) is 0 Å². The van der Waals surface area contributed by atoms with Crippen molar-refractivity contribution in [3.8, 4) is 5.75 Å². The average molecular weight is 337 g/mol. The molecule has 3 nitrogen and oxygen atoms in total. The summed E-state index contributed by atoms with van der Waals surface area (Å²) in [5.41, 5.74) is -0.847. The van der Waals surface area contributed by atoms with Crippen LogP contribution in [0.15, 0.2) is 42.5 Å². The second-order valence-electron chi connectivity index (χ2n) is 6.48. The van der Waals surface area contributed by atoms with Gasteiger partial charge in [-0.1, -0.05) is 39.0 Å². The number of hydrogen-bond donors (Lipinski definition) is 2. The molecule has 2 aromatic carbocycles. The molecule has 0 unspecified atom stereocenters. The average Bonchev–Trinajstić information content (AvgIpc) is 2.47. The Hall–Kier alpha value is -2.50. The maximum Gasteiger partial charge on any atom is 0.417 e. The number of hydrogen-bond acceptors (Lipinski definition) is 2. The van der Waals surface area contributed by atoms with Gasteiger partial charge in [-0.2, -0.15) is 13.2 Å². The minimum absolute atomic E-state index is 0.0735. The van der Waals surface area contributed by atoms with Crippen molar-refractivity contribution in [1.29, 1.82) is 0 Å². The molecule has 24 heavy (non-hydrogen) atoms. The normalized spacial score (nSPS) is 12.1. The van der Waals surface area contributed by atoms with Crippen molar-refractivity contribution in [2.24, 2.45) is 0 Å². The molecule has 0 radical (unpaired) electrons. The number of aromatic hydroxyl groups is 1. The van der Waals surface area contributed by atoms with Crippen molar-refractivity contribution in [2.75, 3.05) is 5.32 Å². The van der Waals surface area contributed by atoms with Gasteiger partial charge >= 0.3 is 6.18 Å². The third-order valence-electron chi connectivity index (χ3n) is 3.59. The summed E-state index contributed by atoms with van der Waals surface area (Å²) >= 11 is 0. The number of phenols is 1. The largest absolute Gasteiger partial charge is 0.506 e. The summed E-state index contributed by atoms with van der Waals surface area (Å²) in [6.07, 6.45) is -4.64. The predicted octanol–water partition coefficient (Wildman–Crippen LogP) is 4.96. The standard InChI is InChI=1S/C18H18F3NO2/c1-17(2,3)11-8-9-15(23)14(10-11)22-16(24)12-6-4-5-7-13(12)18(19,20)21/h4-10,23H,1-3H3,(H,22,24). The van der Waals surface area contributed by atoms with Crippen LogP contribution in [0.2, 0.25) is 0 Å². The topological polar surface area (TPSA) is 49.3 Å². The van der Waals surface area contributed by atoms with Crippen molar-refractivity contribution in [3.05, 3.63) is 59.2 Å². The highest BCUT2D eigenvalue weighted by Gasteiger charge is 2.35. The van der Waals surface area contributed by atoms with Gasteiger partial charge in [0.15, 0.2) is 0 Å². The molecule has 0 aliphatic heterocycles. The number of phenolic OH excluding ortho intramolecular Hbond substituents is 1. The van der Waals surface area contributed by atoms with E-state index in [0.717, 1.165) is 17.7 Å². The third-order valence-corrected chi connectivity index (χ3v) is 3.59. The quantitative estimate of drug-likeness (QED) is 0.761. The molecule has 0 spiro atoms. The van der Waals surface area contributed by atoms with Crippen LogP contribution in [0.5, 0.6) is 5.75 Å². The van der Waals surface area contributed by atoms with E-state index >= 15 is 0 Å². The Morgan fingerprint density at radius 3 is 2.25 bits per heavy atom. The van der Waals surface area contributed by atoms with E-state index in [1.807, 2.05) is 20.8 Å². The summed E-state index contributed by atoms with van der Waals surface area (Å²) < 4.78 is 39.1. The first-order valence-electron chi connectivity index (χ1n) is 7.31. The molecule has 2 N–H and O–H groups in total. The number of alkyl halides is 3. The second-order valence-corrected chi connectivity index (χ2v) is 6.48. The molecule has 6 heteroatoms. The van der Waals surface area contributed by atoms with Gasteiger partial charge in [-0.15, -0.1) is 0 Å². The summed E-state index contributed by atoms with van der Waals surface area (Å²) in [6, 6.07) is 9.19. The van der Waals surface area contributed by atoms with Crippen molar-refractivity contribution >= 4 is 11.6 Å². The van der Waals surface area contributed by atoms with E-state index in [9.17, 15) is 23.1 Å². The first kappa shape index (κ1) is 17.8. The van der Waals surface area contributed by atoms with Gasteiger partial charge in [0, 0.05) is 0 Å². The zero-order valence-corrected chi connectivity index (χ0v) is 13.5. The Bertz CT molecular complexity index is 762. The molecular weight excluding hydrogens is 319 g/mol. The van der Waals surface area contributed by atoms with Crippen LogP contribution in [0.3, 0.4) is 0 Å². The van der Waals surface area contributed by atoms with Crippen LogP contribution in [-0.4, -0.2) is 11.0 Å². The number of carbonyl (C=O) groups is 1. The molecule has 0 heterocycles. The van der Waals surface area contributed by atoms with E-state index in [-0.39, 0.29) is 16.9 Å².